The first kappa shape index (κ1) is 12.0. The molecule has 0 fully saturated rings. The Hall–Kier alpha value is -1.05. The van der Waals surface area contributed by atoms with Crippen LogP contribution >= 0.6 is 24.8 Å². The number of thiol groups is 1. The van der Waals surface area contributed by atoms with E-state index in [0.717, 1.165) is 5.56 Å². The maximum atomic E-state index is 9.40. The van der Waals surface area contributed by atoms with Crippen molar-refractivity contribution < 1.29 is 5.11 Å². The fourth-order valence-corrected chi connectivity index (χ4v) is 1.67. The molecule has 0 aliphatic carbocycles. The summed E-state index contributed by atoms with van der Waals surface area (Å²) in [5.74, 6) is 0.127. The fourth-order valence-electron chi connectivity index (χ4n) is 1.30. The van der Waals surface area contributed by atoms with Gasteiger partial charge in [-0.15, -0.1) is 12.6 Å². The van der Waals surface area contributed by atoms with E-state index >= 15 is 0 Å². The van der Waals surface area contributed by atoms with Gasteiger partial charge in [-0.05, 0) is 37.6 Å². The third-order valence-corrected chi connectivity index (χ3v) is 2.65. The summed E-state index contributed by atoms with van der Waals surface area (Å²) in [6.45, 7) is 3.55. The van der Waals surface area contributed by atoms with Crippen LogP contribution in [0, 0.1) is 11.3 Å². The van der Waals surface area contributed by atoms with E-state index in [-0.39, 0.29) is 5.75 Å². The molecule has 0 aliphatic heterocycles. The molecule has 4 heteroatoms. The molecule has 0 saturated heterocycles. The van der Waals surface area contributed by atoms with E-state index in [9.17, 15) is 5.11 Å². The highest BCUT2D eigenvalue weighted by Crippen LogP contribution is 2.30. The van der Waals surface area contributed by atoms with E-state index in [2.05, 4.69) is 18.7 Å². The van der Waals surface area contributed by atoms with Crippen molar-refractivity contribution in [1.29, 1.82) is 5.26 Å². The molecule has 0 spiro atoms. The number of phenols is 1. The molecule has 0 radical (unpaired) electrons. The highest BCUT2D eigenvalue weighted by molar-refractivity contribution is 8.11. The zero-order chi connectivity index (χ0) is 11.6. The third kappa shape index (κ3) is 2.49. The lowest BCUT2D eigenvalue weighted by Crippen LogP contribution is -2.17. The Morgan fingerprint density at radius 1 is 1.53 bits per heavy atom. The topological polar surface area (TPSA) is 44.0 Å². The number of rotatable bonds is 2. The molecule has 2 nitrogen and oxygen atoms in total. The molecule has 0 aliphatic rings. The summed E-state index contributed by atoms with van der Waals surface area (Å²) in [6.07, 6.45) is 0. The fraction of sp³-hybridized carbons (Fsp3) is 0.273. The average Bonchev–Trinajstić information content (AvgIpc) is 2.17. The number of hydrogen-bond donors (Lipinski definition) is 2. The number of hydrogen-bond acceptors (Lipinski definition) is 3. The maximum absolute atomic E-state index is 9.40. The van der Waals surface area contributed by atoms with E-state index in [1.54, 1.807) is 26.0 Å². The predicted molar refractivity (Wildman–Crippen MR) is 67.4 cm³/mol. The Labute approximate surface area is 100.0 Å². The minimum atomic E-state index is -0.694. The Morgan fingerprint density at radius 3 is 2.60 bits per heavy atom. The number of nitrogens with zero attached hydrogens (tertiary/aromatic N) is 1. The lowest BCUT2D eigenvalue weighted by molar-refractivity contribution is 0.473. The largest absolute Gasteiger partial charge is 0.508 e. The standard InChI is InChI=1S/C11H11NOS2/c1-11(2,6-12)9-5-7(13)3-4-8(9)10(14)15/h3-5,13H,1-2H3,(H,14,15). The van der Waals surface area contributed by atoms with E-state index in [1.807, 2.05) is 0 Å². The second-order valence-electron chi connectivity index (χ2n) is 3.77. The summed E-state index contributed by atoms with van der Waals surface area (Å²) in [5, 5.41) is 18.4. The van der Waals surface area contributed by atoms with Gasteiger partial charge in [0, 0.05) is 5.56 Å². The summed E-state index contributed by atoms with van der Waals surface area (Å²) >= 11 is 9.09. The third-order valence-electron chi connectivity index (χ3n) is 2.19. The molecule has 78 valence electrons. The van der Waals surface area contributed by atoms with Gasteiger partial charge in [-0.3, -0.25) is 0 Å². The molecular weight excluding hydrogens is 226 g/mol. The first-order valence-corrected chi connectivity index (χ1v) is 5.22. The van der Waals surface area contributed by atoms with Gasteiger partial charge >= 0.3 is 0 Å². The molecule has 1 aromatic carbocycles. The molecule has 0 bridgehead atoms. The highest BCUT2D eigenvalue weighted by Gasteiger charge is 2.24. The molecule has 0 aromatic heterocycles. The van der Waals surface area contributed by atoms with Gasteiger partial charge in [-0.25, -0.2) is 0 Å². The maximum Gasteiger partial charge on any atom is 0.115 e. The van der Waals surface area contributed by atoms with Crippen LogP contribution in [-0.4, -0.2) is 9.30 Å². The van der Waals surface area contributed by atoms with Crippen molar-refractivity contribution in [3.8, 4) is 11.8 Å². The van der Waals surface area contributed by atoms with Crippen LogP contribution in [-0.2, 0) is 5.41 Å². The monoisotopic (exact) mass is 237 g/mol. The van der Waals surface area contributed by atoms with Crippen LogP contribution < -0.4 is 0 Å². The minimum Gasteiger partial charge on any atom is -0.508 e. The highest BCUT2D eigenvalue weighted by atomic mass is 32.1. The summed E-state index contributed by atoms with van der Waals surface area (Å²) in [5.41, 5.74) is 0.726. The molecule has 0 atom stereocenters. The smallest absolute Gasteiger partial charge is 0.115 e. The van der Waals surface area contributed by atoms with Gasteiger partial charge in [-0.2, -0.15) is 5.26 Å². The average molecular weight is 237 g/mol. The van der Waals surface area contributed by atoms with Crippen LogP contribution in [0.4, 0.5) is 0 Å². The Morgan fingerprint density at radius 2 is 2.13 bits per heavy atom. The SMILES string of the molecule is CC(C)(C#N)c1cc(O)ccc1C(=S)S. The second-order valence-corrected chi connectivity index (χ2v) is 4.93. The summed E-state index contributed by atoms with van der Waals surface area (Å²) in [6, 6.07) is 6.95. The van der Waals surface area contributed by atoms with Crippen molar-refractivity contribution in [2.75, 3.05) is 0 Å². The van der Waals surface area contributed by atoms with Crippen LogP contribution in [0.1, 0.15) is 25.0 Å². The van der Waals surface area contributed by atoms with Crippen LogP contribution in [0.3, 0.4) is 0 Å². The molecule has 0 saturated carbocycles. The first-order valence-electron chi connectivity index (χ1n) is 4.36. The van der Waals surface area contributed by atoms with Crippen LogP contribution in [0.5, 0.6) is 5.75 Å². The van der Waals surface area contributed by atoms with Gasteiger partial charge < -0.3 is 5.11 Å². The van der Waals surface area contributed by atoms with Gasteiger partial charge in [0.05, 0.1) is 15.7 Å². The van der Waals surface area contributed by atoms with Crippen LogP contribution in [0.15, 0.2) is 18.2 Å². The van der Waals surface area contributed by atoms with Gasteiger partial charge in [-0.1, -0.05) is 12.2 Å². The van der Waals surface area contributed by atoms with Crippen molar-refractivity contribution in [2.24, 2.45) is 0 Å². The number of aromatic hydroxyl groups is 1. The van der Waals surface area contributed by atoms with E-state index in [4.69, 9.17) is 17.5 Å². The normalized spacial score (nSPS) is 10.8. The quantitative estimate of drug-likeness (QED) is 0.614. The van der Waals surface area contributed by atoms with Crippen molar-refractivity contribution in [2.45, 2.75) is 19.3 Å². The zero-order valence-corrected chi connectivity index (χ0v) is 10.2. The lowest BCUT2D eigenvalue weighted by Gasteiger charge is -2.19. The summed E-state index contributed by atoms with van der Waals surface area (Å²) < 4.78 is 0.424. The van der Waals surface area contributed by atoms with Crippen LogP contribution in [0.25, 0.3) is 0 Å². The van der Waals surface area contributed by atoms with Gasteiger partial charge in [0.15, 0.2) is 0 Å². The molecule has 0 unspecified atom stereocenters. The van der Waals surface area contributed by atoms with Gasteiger partial charge in [0.25, 0.3) is 0 Å². The summed E-state index contributed by atoms with van der Waals surface area (Å²) in [7, 11) is 0. The summed E-state index contributed by atoms with van der Waals surface area (Å²) in [4.78, 5) is 0. The Kier molecular flexibility index (Phi) is 3.38. The molecule has 1 rings (SSSR count). The van der Waals surface area contributed by atoms with Crippen molar-refractivity contribution >= 4 is 29.0 Å². The number of thiocarbonyl (C=S) groups is 1. The van der Waals surface area contributed by atoms with Crippen molar-refractivity contribution in [3.63, 3.8) is 0 Å². The molecule has 1 aromatic rings. The second kappa shape index (κ2) is 4.21. The molecular formula is C11H11NOS2. The molecule has 0 amide bonds. The van der Waals surface area contributed by atoms with Gasteiger partial charge in [0.1, 0.15) is 5.75 Å². The number of benzene rings is 1. The van der Waals surface area contributed by atoms with Crippen LogP contribution in [0.2, 0.25) is 0 Å². The van der Waals surface area contributed by atoms with E-state index < -0.39 is 5.41 Å². The molecule has 15 heavy (non-hydrogen) atoms. The minimum absolute atomic E-state index is 0.127. The first-order chi connectivity index (χ1) is 6.88. The van der Waals surface area contributed by atoms with Crippen molar-refractivity contribution in [3.05, 3.63) is 29.3 Å². The van der Waals surface area contributed by atoms with E-state index in [1.165, 1.54) is 6.07 Å². The van der Waals surface area contributed by atoms with Crippen molar-refractivity contribution in [1.82, 2.24) is 0 Å². The number of nitriles is 1. The van der Waals surface area contributed by atoms with Gasteiger partial charge in [0.2, 0.25) is 0 Å². The molecule has 1 N–H and O–H groups in total. The van der Waals surface area contributed by atoms with E-state index in [0.29, 0.717) is 9.76 Å². The number of phenolic OH excluding ortho intramolecular Hbond substituents is 1. The lowest BCUT2D eigenvalue weighted by atomic mass is 9.83. The Balaban J connectivity index is 3.45. The Bertz CT molecular complexity index is 446. The predicted octanol–water partition coefficient (Wildman–Crippen LogP) is 2.80. The molecule has 0 heterocycles. The zero-order valence-electron chi connectivity index (χ0n) is 8.48.